The van der Waals surface area contributed by atoms with Gasteiger partial charge in [-0.1, -0.05) is 6.92 Å². The van der Waals surface area contributed by atoms with Crippen molar-refractivity contribution in [3.05, 3.63) is 22.9 Å². The molecule has 2 heterocycles. The summed E-state index contributed by atoms with van der Waals surface area (Å²) in [6.07, 6.45) is 1.09. The Morgan fingerprint density at radius 3 is 2.61 bits per heavy atom. The molecule has 4 heteroatoms. The zero-order chi connectivity index (χ0) is 13.4. The lowest BCUT2D eigenvalue weighted by Crippen LogP contribution is -2.30. The first kappa shape index (κ1) is 12.9. The van der Waals surface area contributed by atoms with Crippen molar-refractivity contribution in [1.29, 1.82) is 0 Å². The van der Waals surface area contributed by atoms with Crippen LogP contribution in [0.2, 0.25) is 0 Å². The van der Waals surface area contributed by atoms with Gasteiger partial charge in [0, 0.05) is 18.3 Å². The first-order valence-electron chi connectivity index (χ1n) is 6.38. The van der Waals surface area contributed by atoms with Crippen LogP contribution >= 0.6 is 0 Å². The first-order chi connectivity index (χ1) is 8.40. The molecule has 1 aromatic rings. The Morgan fingerprint density at radius 2 is 2.11 bits per heavy atom. The Bertz CT molecular complexity index is 485. The molecule has 2 unspecified atom stereocenters. The van der Waals surface area contributed by atoms with Crippen LogP contribution in [0, 0.1) is 19.8 Å². The third-order valence-corrected chi connectivity index (χ3v) is 3.60. The number of anilines is 1. The van der Waals surface area contributed by atoms with Crippen molar-refractivity contribution in [2.45, 2.75) is 40.2 Å². The van der Waals surface area contributed by atoms with Crippen LogP contribution in [-0.4, -0.2) is 28.6 Å². The molecule has 18 heavy (non-hydrogen) atoms. The maximum Gasteiger partial charge on any atom is 0.339 e. The number of aromatic nitrogens is 1. The van der Waals surface area contributed by atoms with Gasteiger partial charge >= 0.3 is 5.97 Å². The average molecular weight is 248 g/mol. The van der Waals surface area contributed by atoms with E-state index in [2.05, 4.69) is 23.7 Å². The van der Waals surface area contributed by atoms with Gasteiger partial charge in [0.05, 0.1) is 0 Å². The number of carboxylic acid groups (broad SMARTS) is 1. The number of hydrogen-bond acceptors (Lipinski definition) is 3. The van der Waals surface area contributed by atoms with E-state index in [1.807, 2.05) is 19.9 Å². The normalized spacial score (nSPS) is 23.4. The van der Waals surface area contributed by atoms with Gasteiger partial charge in [0.1, 0.15) is 11.4 Å². The summed E-state index contributed by atoms with van der Waals surface area (Å²) in [4.78, 5) is 18.0. The molecule has 2 atom stereocenters. The minimum Gasteiger partial charge on any atom is -0.478 e. The lowest BCUT2D eigenvalue weighted by atomic mass is 10.1. The van der Waals surface area contributed by atoms with E-state index in [0.717, 1.165) is 24.2 Å². The van der Waals surface area contributed by atoms with Crippen LogP contribution in [0.25, 0.3) is 0 Å². The molecule has 98 valence electrons. The predicted octanol–water partition coefficient (Wildman–Crippen LogP) is 2.63. The van der Waals surface area contributed by atoms with Crippen LogP contribution in [0.3, 0.4) is 0 Å². The summed E-state index contributed by atoms with van der Waals surface area (Å²) >= 11 is 0. The zero-order valence-electron chi connectivity index (χ0n) is 11.4. The highest BCUT2D eigenvalue weighted by Crippen LogP contribution is 2.31. The maximum absolute atomic E-state index is 11.4. The molecule has 1 aromatic heterocycles. The fraction of sp³-hybridized carbons (Fsp3) is 0.571. The number of carbonyl (C=O) groups is 1. The van der Waals surface area contributed by atoms with Crippen molar-refractivity contribution in [3.63, 3.8) is 0 Å². The summed E-state index contributed by atoms with van der Waals surface area (Å²) in [7, 11) is 0. The summed E-state index contributed by atoms with van der Waals surface area (Å²) in [5.74, 6) is 0.336. The minimum atomic E-state index is -0.887. The summed E-state index contributed by atoms with van der Waals surface area (Å²) < 4.78 is 0. The lowest BCUT2D eigenvalue weighted by Gasteiger charge is -2.25. The Hall–Kier alpha value is -1.58. The molecule has 0 radical (unpaired) electrons. The number of aromatic carboxylic acids is 1. The molecular weight excluding hydrogens is 228 g/mol. The van der Waals surface area contributed by atoms with Gasteiger partial charge in [-0.25, -0.2) is 9.78 Å². The second kappa shape index (κ2) is 4.59. The number of carboxylic acids is 1. The number of hydrogen-bond donors (Lipinski definition) is 1. The van der Waals surface area contributed by atoms with E-state index in [9.17, 15) is 9.90 Å². The van der Waals surface area contributed by atoms with E-state index in [1.165, 1.54) is 0 Å². The smallest absolute Gasteiger partial charge is 0.339 e. The average Bonchev–Trinajstić information content (AvgIpc) is 2.55. The third kappa shape index (κ3) is 2.19. The molecule has 0 spiro atoms. The second-order valence-electron chi connectivity index (χ2n) is 5.43. The molecule has 1 fully saturated rings. The molecule has 4 nitrogen and oxygen atoms in total. The van der Waals surface area contributed by atoms with Gasteiger partial charge in [0.15, 0.2) is 0 Å². The van der Waals surface area contributed by atoms with Crippen LogP contribution in [0.1, 0.15) is 41.9 Å². The number of rotatable bonds is 2. The Morgan fingerprint density at radius 1 is 1.44 bits per heavy atom. The van der Waals surface area contributed by atoms with Crippen molar-refractivity contribution in [3.8, 4) is 0 Å². The van der Waals surface area contributed by atoms with Crippen LogP contribution in [0.5, 0.6) is 0 Å². The molecule has 1 N–H and O–H groups in total. The summed E-state index contributed by atoms with van der Waals surface area (Å²) in [5.41, 5.74) is 2.01. The number of pyridine rings is 1. The van der Waals surface area contributed by atoms with Crippen molar-refractivity contribution < 1.29 is 9.90 Å². The Labute approximate surface area is 108 Å². The lowest BCUT2D eigenvalue weighted by molar-refractivity contribution is 0.0696. The fourth-order valence-electron chi connectivity index (χ4n) is 2.88. The molecule has 0 amide bonds. The largest absolute Gasteiger partial charge is 0.478 e. The molecule has 0 aromatic carbocycles. The Kier molecular flexibility index (Phi) is 3.28. The monoisotopic (exact) mass is 248 g/mol. The van der Waals surface area contributed by atoms with Gasteiger partial charge in [0.2, 0.25) is 0 Å². The van der Waals surface area contributed by atoms with Crippen LogP contribution in [0.15, 0.2) is 6.07 Å². The third-order valence-electron chi connectivity index (χ3n) is 3.60. The van der Waals surface area contributed by atoms with E-state index in [0.29, 0.717) is 23.3 Å². The summed E-state index contributed by atoms with van der Waals surface area (Å²) in [5, 5.41) is 9.38. The highest BCUT2D eigenvalue weighted by atomic mass is 16.4. The standard InChI is InChI=1S/C14H20N2O2/c1-8-5-11(4)16(7-8)13-12(14(17)18)9(2)6-10(3)15-13/h6,8,11H,5,7H2,1-4H3,(H,17,18). The molecule has 1 aliphatic rings. The molecule has 2 rings (SSSR count). The Balaban J connectivity index is 2.52. The van der Waals surface area contributed by atoms with Gasteiger partial charge in [-0.2, -0.15) is 0 Å². The van der Waals surface area contributed by atoms with Crippen molar-refractivity contribution in [2.24, 2.45) is 5.92 Å². The molecular formula is C14H20N2O2. The van der Waals surface area contributed by atoms with E-state index < -0.39 is 5.97 Å². The van der Waals surface area contributed by atoms with Gasteiger partial charge < -0.3 is 10.0 Å². The SMILES string of the molecule is Cc1cc(C)c(C(=O)O)c(N2CC(C)CC2C)n1. The van der Waals surface area contributed by atoms with E-state index in [-0.39, 0.29) is 0 Å². The fourth-order valence-corrected chi connectivity index (χ4v) is 2.88. The van der Waals surface area contributed by atoms with Crippen molar-refractivity contribution in [1.82, 2.24) is 4.98 Å². The van der Waals surface area contributed by atoms with Gasteiger partial charge in [0.25, 0.3) is 0 Å². The molecule has 0 saturated carbocycles. The van der Waals surface area contributed by atoms with E-state index in [1.54, 1.807) is 0 Å². The minimum absolute atomic E-state index is 0.349. The van der Waals surface area contributed by atoms with E-state index in [4.69, 9.17) is 0 Å². The van der Waals surface area contributed by atoms with Gasteiger partial charge in [-0.05, 0) is 44.7 Å². The molecule has 1 saturated heterocycles. The highest BCUT2D eigenvalue weighted by Gasteiger charge is 2.30. The summed E-state index contributed by atoms with van der Waals surface area (Å²) in [6, 6.07) is 2.18. The van der Waals surface area contributed by atoms with Gasteiger partial charge in [-0.3, -0.25) is 0 Å². The second-order valence-corrected chi connectivity index (χ2v) is 5.43. The topological polar surface area (TPSA) is 53.4 Å². The highest BCUT2D eigenvalue weighted by molar-refractivity contribution is 5.95. The maximum atomic E-state index is 11.4. The van der Waals surface area contributed by atoms with Crippen LogP contribution in [-0.2, 0) is 0 Å². The quantitative estimate of drug-likeness (QED) is 0.874. The zero-order valence-corrected chi connectivity index (χ0v) is 11.4. The van der Waals surface area contributed by atoms with Crippen molar-refractivity contribution >= 4 is 11.8 Å². The predicted molar refractivity (Wildman–Crippen MR) is 71.3 cm³/mol. The molecule has 0 aliphatic carbocycles. The summed E-state index contributed by atoms with van der Waals surface area (Å²) in [6.45, 7) is 8.96. The first-order valence-corrected chi connectivity index (χ1v) is 6.38. The number of aryl methyl sites for hydroxylation is 2. The van der Waals surface area contributed by atoms with Crippen LogP contribution < -0.4 is 4.90 Å². The molecule has 1 aliphatic heterocycles. The molecule has 0 bridgehead atoms. The van der Waals surface area contributed by atoms with Crippen LogP contribution in [0.4, 0.5) is 5.82 Å². The van der Waals surface area contributed by atoms with Gasteiger partial charge in [-0.15, -0.1) is 0 Å². The van der Waals surface area contributed by atoms with E-state index >= 15 is 0 Å². The van der Waals surface area contributed by atoms with Crippen molar-refractivity contribution in [2.75, 3.05) is 11.4 Å². The number of nitrogens with zero attached hydrogens (tertiary/aromatic N) is 2.